The van der Waals surface area contributed by atoms with Crippen LogP contribution in [0, 0.1) is 36.7 Å². The van der Waals surface area contributed by atoms with Crippen molar-refractivity contribution < 1.29 is 9.13 Å². The van der Waals surface area contributed by atoms with E-state index in [2.05, 4.69) is 26.1 Å². The van der Waals surface area contributed by atoms with Crippen molar-refractivity contribution in [1.82, 2.24) is 4.90 Å². The van der Waals surface area contributed by atoms with Gasteiger partial charge in [0.15, 0.2) is 5.69 Å². The van der Waals surface area contributed by atoms with E-state index in [4.69, 9.17) is 17.9 Å². The highest BCUT2D eigenvalue weighted by Crippen LogP contribution is 2.52. The summed E-state index contributed by atoms with van der Waals surface area (Å²) in [5.74, 6) is 1.23. The van der Waals surface area contributed by atoms with E-state index < -0.39 is 5.54 Å². The van der Waals surface area contributed by atoms with E-state index in [-0.39, 0.29) is 23.8 Å². The lowest BCUT2D eigenvalue weighted by molar-refractivity contribution is 0.0238. The van der Waals surface area contributed by atoms with Crippen molar-refractivity contribution in [2.75, 3.05) is 37.6 Å². The molecule has 198 valence electrons. The summed E-state index contributed by atoms with van der Waals surface area (Å²) in [5, 5.41) is 0. The zero-order chi connectivity index (χ0) is 26.7. The largest absolute Gasteiger partial charge is 0.495 e. The standard InChI is InChI=1S/C32H37FN4O/c1-23(2)38-31-10-6-9-30(31)32(35-4,26-7-5-8-27(33)19-26)25-15-17-36(18-16-25)20-24-21-37(22-24)29-13-11-28(34-3)12-14-29/h5,7-8,11-14,19,24-25,30-31H,1,6,9-10,15-18,20-22H2,2H3/t30-,31-,32?/m0/s1. The molecule has 2 aromatic rings. The Kier molecular flexibility index (Phi) is 7.73. The van der Waals surface area contributed by atoms with Gasteiger partial charge in [0.2, 0.25) is 0 Å². The van der Waals surface area contributed by atoms with Crippen LogP contribution in [0.1, 0.15) is 44.6 Å². The highest BCUT2D eigenvalue weighted by Gasteiger charge is 2.58. The van der Waals surface area contributed by atoms with Gasteiger partial charge in [-0.1, -0.05) is 30.8 Å². The average Bonchev–Trinajstić information content (AvgIpc) is 3.35. The first-order chi connectivity index (χ1) is 18.4. The molecule has 3 atom stereocenters. The number of anilines is 1. The Balaban J connectivity index is 1.26. The summed E-state index contributed by atoms with van der Waals surface area (Å²) in [6.07, 6.45) is 4.68. The molecule has 5 rings (SSSR count). The quantitative estimate of drug-likeness (QED) is 0.280. The van der Waals surface area contributed by atoms with E-state index >= 15 is 0 Å². The number of allylic oxidation sites excluding steroid dienone is 1. The van der Waals surface area contributed by atoms with Gasteiger partial charge in [0, 0.05) is 42.7 Å². The second-order valence-electron chi connectivity index (χ2n) is 11.3. The Hall–Kier alpha value is -3.35. The van der Waals surface area contributed by atoms with Gasteiger partial charge in [-0.2, -0.15) is 0 Å². The monoisotopic (exact) mass is 512 g/mol. The summed E-state index contributed by atoms with van der Waals surface area (Å²) in [6.45, 7) is 26.5. The van der Waals surface area contributed by atoms with Crippen molar-refractivity contribution in [3.63, 3.8) is 0 Å². The molecule has 2 aromatic carbocycles. The zero-order valence-corrected chi connectivity index (χ0v) is 22.3. The van der Waals surface area contributed by atoms with Gasteiger partial charge in [0.1, 0.15) is 11.9 Å². The summed E-state index contributed by atoms with van der Waals surface area (Å²) in [6, 6.07) is 14.6. The number of halogens is 1. The van der Waals surface area contributed by atoms with Crippen LogP contribution in [-0.2, 0) is 10.3 Å². The predicted octanol–water partition coefficient (Wildman–Crippen LogP) is 7.06. The number of hydrogen-bond acceptors (Lipinski definition) is 3. The number of likely N-dealkylation sites (tertiary alicyclic amines) is 1. The average molecular weight is 513 g/mol. The summed E-state index contributed by atoms with van der Waals surface area (Å²) >= 11 is 0. The molecule has 0 amide bonds. The fourth-order valence-electron chi connectivity index (χ4n) is 7.11. The molecule has 3 aliphatic rings. The van der Waals surface area contributed by atoms with E-state index in [1.807, 2.05) is 37.3 Å². The molecule has 2 heterocycles. The van der Waals surface area contributed by atoms with Crippen molar-refractivity contribution >= 4 is 11.4 Å². The predicted molar refractivity (Wildman–Crippen MR) is 149 cm³/mol. The van der Waals surface area contributed by atoms with Gasteiger partial charge < -0.3 is 19.4 Å². The Morgan fingerprint density at radius 3 is 2.45 bits per heavy atom. The summed E-state index contributed by atoms with van der Waals surface area (Å²) in [7, 11) is 0. The van der Waals surface area contributed by atoms with Crippen LogP contribution in [0.5, 0.6) is 0 Å². The van der Waals surface area contributed by atoms with Crippen LogP contribution in [0.2, 0.25) is 0 Å². The molecular weight excluding hydrogens is 475 g/mol. The van der Waals surface area contributed by atoms with Gasteiger partial charge in [-0.3, -0.25) is 0 Å². The minimum absolute atomic E-state index is 0.0319. The molecule has 0 N–H and O–H groups in total. The maximum Gasteiger partial charge on any atom is 0.266 e. The smallest absolute Gasteiger partial charge is 0.266 e. The summed E-state index contributed by atoms with van der Waals surface area (Å²) in [4.78, 5) is 12.8. The SMILES string of the molecule is [C-]#[N+]c1ccc(N2CC(CN3CCC(C([N+]#[C-])(c4cccc(F)c4)[C@H]4CCC[C@@H]4OC(=C)C)CC3)C2)cc1. The first kappa shape index (κ1) is 26.3. The minimum Gasteiger partial charge on any atom is -0.495 e. The van der Waals surface area contributed by atoms with E-state index in [1.54, 1.807) is 12.1 Å². The second-order valence-corrected chi connectivity index (χ2v) is 11.3. The third-order valence-corrected chi connectivity index (χ3v) is 8.87. The lowest BCUT2D eigenvalue weighted by Crippen LogP contribution is -2.54. The van der Waals surface area contributed by atoms with E-state index in [9.17, 15) is 4.39 Å². The van der Waals surface area contributed by atoms with Gasteiger partial charge in [-0.25, -0.2) is 15.8 Å². The van der Waals surface area contributed by atoms with Crippen molar-refractivity contribution in [3.8, 4) is 0 Å². The molecule has 6 heteroatoms. The Labute approximate surface area is 226 Å². The normalized spacial score (nSPS) is 24.2. The van der Waals surface area contributed by atoms with Crippen LogP contribution in [-0.4, -0.2) is 43.7 Å². The van der Waals surface area contributed by atoms with Crippen LogP contribution < -0.4 is 4.90 Å². The van der Waals surface area contributed by atoms with Crippen LogP contribution in [0.25, 0.3) is 9.69 Å². The van der Waals surface area contributed by atoms with Crippen LogP contribution >= 0.6 is 0 Å². The molecule has 5 nitrogen and oxygen atoms in total. The molecule has 1 unspecified atom stereocenters. The van der Waals surface area contributed by atoms with Crippen molar-refractivity contribution in [3.05, 3.63) is 95.1 Å². The van der Waals surface area contributed by atoms with Crippen LogP contribution in [0.15, 0.2) is 60.9 Å². The van der Waals surface area contributed by atoms with Gasteiger partial charge in [-0.05, 0) is 76.4 Å². The first-order valence-corrected chi connectivity index (χ1v) is 13.8. The molecule has 0 spiro atoms. The van der Waals surface area contributed by atoms with Crippen LogP contribution in [0.3, 0.4) is 0 Å². The number of benzene rings is 2. The third kappa shape index (κ3) is 5.16. The highest BCUT2D eigenvalue weighted by atomic mass is 19.1. The van der Waals surface area contributed by atoms with Crippen molar-refractivity contribution in [1.29, 1.82) is 0 Å². The number of ether oxygens (including phenoxy) is 1. The van der Waals surface area contributed by atoms with Gasteiger partial charge in [-0.15, -0.1) is 0 Å². The first-order valence-electron chi connectivity index (χ1n) is 13.8. The van der Waals surface area contributed by atoms with Gasteiger partial charge >= 0.3 is 0 Å². The molecule has 0 radical (unpaired) electrons. The topological polar surface area (TPSA) is 24.4 Å². The Morgan fingerprint density at radius 1 is 1.08 bits per heavy atom. The lowest BCUT2D eigenvalue weighted by Gasteiger charge is -2.46. The molecule has 38 heavy (non-hydrogen) atoms. The lowest BCUT2D eigenvalue weighted by atomic mass is 9.65. The van der Waals surface area contributed by atoms with E-state index in [0.29, 0.717) is 17.4 Å². The van der Waals surface area contributed by atoms with Crippen LogP contribution in [0.4, 0.5) is 15.8 Å². The molecule has 3 fully saturated rings. The molecule has 0 aromatic heterocycles. The fourth-order valence-corrected chi connectivity index (χ4v) is 7.11. The molecule has 2 saturated heterocycles. The fraction of sp³-hybridized carbons (Fsp3) is 0.500. The number of piperidine rings is 1. The van der Waals surface area contributed by atoms with E-state index in [0.717, 1.165) is 70.4 Å². The molecular formula is C32H37FN4O. The maximum atomic E-state index is 14.5. The van der Waals surface area contributed by atoms with E-state index in [1.165, 1.54) is 11.8 Å². The molecule has 2 aliphatic heterocycles. The summed E-state index contributed by atoms with van der Waals surface area (Å²) < 4.78 is 20.6. The zero-order valence-electron chi connectivity index (χ0n) is 22.3. The van der Waals surface area contributed by atoms with Crippen molar-refractivity contribution in [2.24, 2.45) is 17.8 Å². The number of nitrogens with zero attached hydrogens (tertiary/aromatic N) is 4. The minimum atomic E-state index is -0.782. The number of hydrogen-bond donors (Lipinski definition) is 0. The molecule has 1 aliphatic carbocycles. The van der Waals surface area contributed by atoms with Gasteiger partial charge in [0.25, 0.3) is 5.54 Å². The maximum absolute atomic E-state index is 14.5. The number of rotatable bonds is 8. The van der Waals surface area contributed by atoms with Gasteiger partial charge in [0.05, 0.1) is 18.2 Å². The Bertz CT molecular complexity index is 1220. The molecule has 1 saturated carbocycles. The van der Waals surface area contributed by atoms with Crippen molar-refractivity contribution in [2.45, 2.75) is 50.7 Å². The molecule has 0 bridgehead atoms. The third-order valence-electron chi connectivity index (χ3n) is 8.87. The summed E-state index contributed by atoms with van der Waals surface area (Å²) in [5.41, 5.74) is 1.90. The second kappa shape index (κ2) is 11.2. The Morgan fingerprint density at radius 2 is 1.82 bits per heavy atom. The highest BCUT2D eigenvalue weighted by molar-refractivity contribution is 5.56.